The summed E-state index contributed by atoms with van der Waals surface area (Å²) in [6.07, 6.45) is -12.8. The Morgan fingerprint density at radius 3 is 3.06 bits per heavy atom. The molecule has 1 N–H and O–H groups in total. The van der Waals surface area contributed by atoms with E-state index in [1.54, 1.807) is 0 Å². The van der Waals surface area contributed by atoms with Crippen molar-refractivity contribution in [2.45, 2.75) is 57.4 Å². The fourth-order valence-corrected chi connectivity index (χ4v) is 3.35. The molecule has 2 aliphatic heterocycles. The highest BCUT2D eigenvalue weighted by Gasteiger charge is 2.26. The summed E-state index contributed by atoms with van der Waals surface area (Å²) in [6, 6.07) is -3.62. The van der Waals surface area contributed by atoms with Gasteiger partial charge in [0.15, 0.2) is 5.58 Å². The van der Waals surface area contributed by atoms with Crippen LogP contribution < -0.4 is 5.56 Å². The molecule has 0 radical (unpaired) electrons. The maximum Gasteiger partial charge on any atom is 0.257 e. The lowest BCUT2D eigenvalue weighted by molar-refractivity contribution is 0.129. The Labute approximate surface area is 202 Å². The molecule has 8 heteroatoms. The molecule has 0 bridgehead atoms. The molecule has 5 rings (SSSR count). The van der Waals surface area contributed by atoms with Crippen molar-refractivity contribution in [3.05, 3.63) is 57.1 Å². The van der Waals surface area contributed by atoms with Crippen molar-refractivity contribution in [1.29, 1.82) is 0 Å². The summed E-state index contributed by atoms with van der Waals surface area (Å²) >= 11 is 0. The summed E-state index contributed by atoms with van der Waals surface area (Å²) in [5, 5.41) is 12.7. The number of likely N-dealkylation sites (tertiary alicyclic amines) is 1. The molecule has 31 heavy (non-hydrogen) atoms. The molecule has 0 spiro atoms. The van der Waals surface area contributed by atoms with Gasteiger partial charge in [-0.2, -0.15) is 0 Å². The summed E-state index contributed by atoms with van der Waals surface area (Å²) in [5.41, 5.74) is -4.98. The lowest BCUT2D eigenvalue weighted by Crippen LogP contribution is -2.37. The zero-order chi connectivity index (χ0) is 35.8. The van der Waals surface area contributed by atoms with Gasteiger partial charge < -0.3 is 14.5 Å². The van der Waals surface area contributed by atoms with E-state index in [1.165, 1.54) is 0 Å². The molecule has 0 amide bonds. The van der Waals surface area contributed by atoms with Gasteiger partial charge in [0.05, 0.1) is 9.81 Å². The van der Waals surface area contributed by atoms with E-state index in [2.05, 4.69) is 10.1 Å². The van der Waals surface area contributed by atoms with E-state index < -0.39 is 113 Å². The monoisotopic (exact) mass is 442 g/mol. The first-order chi connectivity index (χ1) is 21.2. The number of nitrogens with zero attached hydrogens (tertiary/aromatic N) is 4. The number of aryl methyl sites for hydroxylation is 1. The number of aliphatic hydroxyl groups is 1. The molecule has 7 nitrogen and oxygen atoms in total. The second kappa shape index (κ2) is 8.16. The lowest BCUT2D eigenvalue weighted by atomic mass is 9.91. The largest absolute Gasteiger partial charge is 0.385 e. The summed E-state index contributed by atoms with van der Waals surface area (Å²) in [7, 11) is 0. The molecule has 2 aliphatic rings. The number of hydrogen-bond donors (Lipinski definition) is 1. The van der Waals surface area contributed by atoms with Gasteiger partial charge >= 0.3 is 0 Å². The topological polar surface area (TPSA) is 84.4 Å². The van der Waals surface area contributed by atoms with Crippen LogP contribution in [0.15, 0.2) is 27.4 Å². The Morgan fingerprint density at radius 2 is 2.26 bits per heavy atom. The van der Waals surface area contributed by atoms with Crippen molar-refractivity contribution in [3.63, 3.8) is 0 Å². The smallest absolute Gasteiger partial charge is 0.257 e. The third-order valence-corrected chi connectivity index (χ3v) is 4.86. The van der Waals surface area contributed by atoms with Crippen molar-refractivity contribution >= 4 is 11.0 Å². The number of piperidine rings is 1. The van der Waals surface area contributed by atoms with E-state index in [9.17, 15) is 14.3 Å². The quantitative estimate of drug-likeness (QED) is 0.668. The van der Waals surface area contributed by atoms with Crippen LogP contribution in [-0.2, 0) is 12.9 Å². The predicted octanol–water partition coefficient (Wildman–Crippen LogP) is 3.08. The summed E-state index contributed by atoms with van der Waals surface area (Å²) < 4.78 is 158. The highest BCUT2D eigenvalue weighted by atomic mass is 19.1. The highest BCUT2D eigenvalue weighted by Crippen LogP contribution is 2.32. The Bertz CT molecular complexity index is 1850. The van der Waals surface area contributed by atoms with Crippen LogP contribution in [0.2, 0.25) is 0 Å². The first-order valence-corrected chi connectivity index (χ1v) is 9.34. The van der Waals surface area contributed by atoms with Gasteiger partial charge in [-0.25, -0.2) is 9.37 Å². The zero-order valence-corrected chi connectivity index (χ0v) is 16.1. The number of hydrogen-bond acceptors (Lipinski definition) is 6. The molecule has 1 aromatic carbocycles. The van der Waals surface area contributed by atoms with Crippen molar-refractivity contribution in [2.24, 2.45) is 0 Å². The zero-order valence-electron chi connectivity index (χ0n) is 32.1. The van der Waals surface area contributed by atoms with Crippen LogP contribution in [-0.4, -0.2) is 44.2 Å². The third kappa shape index (κ3) is 3.78. The standard InChI is InChI=1S/C23H27FN4O3/c1-14-17(23(30)28-9-2-3-19(29)22(28)25-14)8-12-27-10-6-15(7-11-27)21-18-5-4-16(24)13-20(18)31-26-21/h4-5,13,15,19,29H,2-3,6-12H2,1H3/i4D,5D,6D2,7D2,8D2,10D2,11D2,12D2,13D,15D. The number of aromatic nitrogens is 3. The third-order valence-electron chi connectivity index (χ3n) is 4.86. The van der Waals surface area contributed by atoms with Crippen LogP contribution in [0.5, 0.6) is 0 Å². The van der Waals surface area contributed by atoms with Crippen LogP contribution >= 0.6 is 0 Å². The summed E-state index contributed by atoms with van der Waals surface area (Å²) in [5.74, 6) is -5.68. The normalized spacial score (nSPS) is 36.3. The van der Waals surface area contributed by atoms with E-state index >= 15 is 0 Å². The Balaban J connectivity index is 1.78. The molecule has 1 atom stereocenters. The van der Waals surface area contributed by atoms with Crippen LogP contribution in [0.3, 0.4) is 0 Å². The molecule has 0 aliphatic carbocycles. The van der Waals surface area contributed by atoms with Gasteiger partial charge in [0, 0.05) is 59.4 Å². The maximum absolute atomic E-state index is 14.4. The highest BCUT2D eigenvalue weighted by molar-refractivity contribution is 5.79. The minimum absolute atomic E-state index is 0.0595. The molecule has 0 saturated carbocycles. The van der Waals surface area contributed by atoms with Gasteiger partial charge in [0.25, 0.3) is 5.56 Å². The molecule has 1 fully saturated rings. The molecule has 2 aromatic heterocycles. The SMILES string of the molecule is [2H]c1c(F)c([2H])c2onc(C3([2H])C([2H])([2H])C([2H])([2H])N(C([2H])([2H])C([2H])([2H])c4c(C)nc5n(c4=O)CCCC5O)C([2H])([2H])C3([2H])[2H])c2c1[2H]. The second-order valence-electron chi connectivity index (χ2n) is 6.89. The Kier molecular flexibility index (Phi) is 2.40. The van der Waals surface area contributed by atoms with Crippen molar-refractivity contribution in [1.82, 2.24) is 19.6 Å². The van der Waals surface area contributed by atoms with Crippen LogP contribution in [0, 0.1) is 12.7 Å². The van der Waals surface area contributed by atoms with Gasteiger partial charge in [-0.3, -0.25) is 9.36 Å². The summed E-state index contributed by atoms with van der Waals surface area (Å²) in [4.78, 5) is 16.9. The molecule has 4 heterocycles. The van der Waals surface area contributed by atoms with Gasteiger partial charge in [-0.15, -0.1) is 0 Å². The minimum Gasteiger partial charge on any atom is -0.385 e. The van der Waals surface area contributed by atoms with Crippen LogP contribution in [0.4, 0.5) is 4.39 Å². The van der Waals surface area contributed by atoms with Gasteiger partial charge in [-0.05, 0) is 64.0 Å². The second-order valence-corrected chi connectivity index (χ2v) is 6.89. The van der Waals surface area contributed by atoms with Gasteiger partial charge in [0.1, 0.15) is 17.7 Å². The predicted molar refractivity (Wildman–Crippen MR) is 114 cm³/mol. The number of benzene rings is 1. The van der Waals surface area contributed by atoms with E-state index in [0.717, 1.165) is 11.5 Å². The average Bonchev–Trinajstić information content (AvgIpc) is 3.39. The number of aliphatic hydroxyl groups excluding tert-OH is 1. The molecular weight excluding hydrogens is 399 g/mol. The maximum atomic E-state index is 14.4. The molecular formula is C23H27FN4O3. The van der Waals surface area contributed by atoms with Crippen molar-refractivity contribution in [2.75, 3.05) is 19.5 Å². The van der Waals surface area contributed by atoms with E-state index in [0.29, 0.717) is 0 Å². The minimum atomic E-state index is -4.20. The molecule has 164 valence electrons. The van der Waals surface area contributed by atoms with E-state index in [1.807, 2.05) is 0 Å². The average molecular weight is 443 g/mol. The first kappa shape index (κ1) is 9.11. The summed E-state index contributed by atoms with van der Waals surface area (Å²) in [6.45, 7) is -11.5. The van der Waals surface area contributed by atoms with Crippen LogP contribution in [0.1, 0.15) is 82.3 Å². The number of rotatable bonds is 4. The Hall–Kier alpha value is -2.58. The van der Waals surface area contributed by atoms with E-state index in [-0.39, 0.29) is 25.2 Å². The van der Waals surface area contributed by atoms with Gasteiger partial charge in [0.2, 0.25) is 0 Å². The number of halogens is 1. The van der Waals surface area contributed by atoms with Gasteiger partial charge in [-0.1, -0.05) is 5.16 Å². The fraction of sp³-hybridized carbons (Fsp3) is 0.522. The molecule has 3 aromatic rings. The Morgan fingerprint density at radius 1 is 1.45 bits per heavy atom. The lowest BCUT2D eigenvalue weighted by Gasteiger charge is -2.31. The van der Waals surface area contributed by atoms with Crippen molar-refractivity contribution in [3.8, 4) is 0 Å². The molecule has 1 saturated heterocycles. The molecule has 1 unspecified atom stereocenters. The van der Waals surface area contributed by atoms with Crippen molar-refractivity contribution < 1.29 is 36.0 Å². The van der Waals surface area contributed by atoms with Crippen LogP contribution in [0.25, 0.3) is 11.0 Å². The van der Waals surface area contributed by atoms with E-state index in [4.69, 9.17) is 26.5 Å². The number of fused-ring (bicyclic) bond motifs is 2. The fourth-order valence-electron chi connectivity index (χ4n) is 3.35. The first-order valence-electron chi connectivity index (χ1n) is 17.3.